The molecule has 1 aromatic heterocycles. The van der Waals surface area contributed by atoms with E-state index in [2.05, 4.69) is 0 Å². The van der Waals surface area contributed by atoms with Crippen LogP contribution in [0.2, 0.25) is 0 Å². The highest BCUT2D eigenvalue weighted by atomic mass is 16.5. The van der Waals surface area contributed by atoms with Crippen molar-refractivity contribution in [3.8, 4) is 11.5 Å². The summed E-state index contributed by atoms with van der Waals surface area (Å²) in [5.41, 5.74) is 1.41. The number of benzene rings is 1. The van der Waals surface area contributed by atoms with Crippen molar-refractivity contribution in [1.82, 2.24) is 0 Å². The minimum Gasteiger partial charge on any atom is -0.495 e. The Morgan fingerprint density at radius 1 is 1.24 bits per heavy atom. The summed E-state index contributed by atoms with van der Waals surface area (Å²) >= 11 is 0. The first-order valence-corrected chi connectivity index (χ1v) is 6.87. The van der Waals surface area contributed by atoms with Crippen LogP contribution in [-0.2, 0) is 0 Å². The van der Waals surface area contributed by atoms with E-state index >= 15 is 0 Å². The number of ether oxygens (including phenoxy) is 2. The first kappa shape index (κ1) is 13.7. The number of hydrogen-bond acceptors (Lipinski definition) is 4. The molecule has 0 atom stereocenters. The highest BCUT2D eigenvalue weighted by Gasteiger charge is 2.27. The lowest BCUT2D eigenvalue weighted by Gasteiger charge is -2.28. The van der Waals surface area contributed by atoms with Gasteiger partial charge in [0, 0.05) is 11.6 Å². The van der Waals surface area contributed by atoms with E-state index in [-0.39, 0.29) is 5.43 Å². The van der Waals surface area contributed by atoms with Gasteiger partial charge in [-0.25, -0.2) is 0 Å². The van der Waals surface area contributed by atoms with Gasteiger partial charge in [-0.15, -0.1) is 0 Å². The first-order chi connectivity index (χ1) is 9.84. The van der Waals surface area contributed by atoms with Crippen LogP contribution < -0.4 is 14.9 Å². The molecule has 2 heterocycles. The van der Waals surface area contributed by atoms with Gasteiger partial charge < -0.3 is 13.9 Å². The zero-order valence-corrected chi connectivity index (χ0v) is 12.9. The van der Waals surface area contributed by atoms with Gasteiger partial charge in [-0.3, -0.25) is 4.79 Å². The Morgan fingerprint density at radius 2 is 1.95 bits per heavy atom. The second-order valence-corrected chi connectivity index (χ2v) is 5.85. The first-order valence-electron chi connectivity index (χ1n) is 6.87. The number of methoxy groups -OCH3 is 1. The molecule has 4 nitrogen and oxygen atoms in total. The molecule has 0 spiro atoms. The lowest BCUT2D eigenvalue weighted by atomic mass is 9.99. The highest BCUT2D eigenvalue weighted by molar-refractivity contribution is 5.91. The lowest BCUT2D eigenvalue weighted by Crippen LogP contribution is -2.27. The van der Waals surface area contributed by atoms with Crippen LogP contribution in [0.5, 0.6) is 11.5 Å². The molecule has 0 fully saturated rings. The lowest BCUT2D eigenvalue weighted by molar-refractivity contribution is 0.158. The van der Waals surface area contributed by atoms with Gasteiger partial charge in [0.1, 0.15) is 33.8 Å². The largest absolute Gasteiger partial charge is 0.495 e. The van der Waals surface area contributed by atoms with Gasteiger partial charge in [-0.1, -0.05) is 0 Å². The van der Waals surface area contributed by atoms with Crippen molar-refractivity contribution in [3.05, 3.63) is 39.3 Å². The second-order valence-electron chi connectivity index (χ2n) is 5.85. The molecule has 1 aliphatic rings. The van der Waals surface area contributed by atoms with Gasteiger partial charge in [0.2, 0.25) is 0 Å². The van der Waals surface area contributed by atoms with Crippen molar-refractivity contribution in [2.24, 2.45) is 0 Å². The fourth-order valence-corrected chi connectivity index (χ4v) is 2.57. The predicted octanol–water partition coefficient (Wildman–Crippen LogP) is 3.60. The summed E-state index contributed by atoms with van der Waals surface area (Å²) in [7, 11) is 1.55. The normalized spacial score (nSPS) is 15.7. The van der Waals surface area contributed by atoms with Crippen LogP contribution in [0, 0.1) is 13.8 Å². The van der Waals surface area contributed by atoms with Crippen LogP contribution >= 0.6 is 0 Å². The van der Waals surface area contributed by atoms with Gasteiger partial charge in [0.15, 0.2) is 5.43 Å². The van der Waals surface area contributed by atoms with E-state index in [0.29, 0.717) is 33.8 Å². The Hall–Kier alpha value is -2.23. The van der Waals surface area contributed by atoms with Crippen molar-refractivity contribution in [3.63, 3.8) is 0 Å². The fraction of sp³-hybridized carbons (Fsp3) is 0.353. The summed E-state index contributed by atoms with van der Waals surface area (Å²) in [6.07, 6.45) is 3.89. The summed E-state index contributed by atoms with van der Waals surface area (Å²) in [5, 5.41) is 0.465. The summed E-state index contributed by atoms with van der Waals surface area (Å²) in [6, 6.07) is 1.77. The molecular formula is C17H18O4. The standard InChI is InChI=1S/C17H18O4/c1-9-10(2)20-13-8-12-11(6-7-17(3,4)21-12)16(19-5)14(13)15(9)18/h6-8H,1-5H3. The third-order valence-corrected chi connectivity index (χ3v) is 3.83. The monoisotopic (exact) mass is 286 g/mol. The number of hydrogen-bond donors (Lipinski definition) is 0. The molecule has 4 heteroatoms. The molecule has 110 valence electrons. The molecule has 0 N–H and O–H groups in total. The fourth-order valence-electron chi connectivity index (χ4n) is 2.57. The molecule has 0 saturated carbocycles. The molecule has 0 amide bonds. The van der Waals surface area contributed by atoms with Crippen molar-refractivity contribution < 1.29 is 13.9 Å². The molecule has 2 aromatic rings. The molecule has 3 rings (SSSR count). The van der Waals surface area contributed by atoms with Crippen LogP contribution in [0.25, 0.3) is 17.0 Å². The van der Waals surface area contributed by atoms with Crippen molar-refractivity contribution in [2.75, 3.05) is 7.11 Å². The minimum atomic E-state index is -0.397. The van der Waals surface area contributed by atoms with Crippen molar-refractivity contribution >= 4 is 17.0 Å². The number of fused-ring (bicyclic) bond motifs is 2. The number of rotatable bonds is 1. The SMILES string of the molecule is COc1c2c(cc3oc(C)c(C)c(=O)c13)OC(C)(C)C=C2. The van der Waals surface area contributed by atoms with E-state index in [1.54, 1.807) is 27.0 Å². The third-order valence-electron chi connectivity index (χ3n) is 3.83. The molecule has 1 aromatic carbocycles. The maximum Gasteiger partial charge on any atom is 0.199 e. The van der Waals surface area contributed by atoms with Gasteiger partial charge >= 0.3 is 0 Å². The average molecular weight is 286 g/mol. The van der Waals surface area contributed by atoms with Crippen LogP contribution in [0.15, 0.2) is 21.4 Å². The predicted molar refractivity (Wildman–Crippen MR) is 82.3 cm³/mol. The quantitative estimate of drug-likeness (QED) is 0.803. The third kappa shape index (κ3) is 2.02. The Balaban J connectivity index is 2.45. The molecule has 0 unspecified atom stereocenters. The van der Waals surface area contributed by atoms with E-state index in [9.17, 15) is 4.79 Å². The zero-order chi connectivity index (χ0) is 15.4. The van der Waals surface area contributed by atoms with Crippen LogP contribution in [0.4, 0.5) is 0 Å². The Bertz CT molecular complexity index is 825. The van der Waals surface area contributed by atoms with Gasteiger partial charge in [0.05, 0.1) is 12.7 Å². The maximum absolute atomic E-state index is 12.5. The van der Waals surface area contributed by atoms with E-state index in [0.717, 1.165) is 5.56 Å². The molecular weight excluding hydrogens is 268 g/mol. The maximum atomic E-state index is 12.5. The summed E-state index contributed by atoms with van der Waals surface area (Å²) in [6.45, 7) is 7.49. The molecule has 1 aliphatic heterocycles. The van der Waals surface area contributed by atoms with Crippen LogP contribution in [0.1, 0.15) is 30.7 Å². The van der Waals surface area contributed by atoms with Gasteiger partial charge in [-0.05, 0) is 39.8 Å². The van der Waals surface area contributed by atoms with E-state index in [1.165, 1.54) is 0 Å². The topological polar surface area (TPSA) is 48.7 Å². The van der Waals surface area contributed by atoms with Crippen LogP contribution in [-0.4, -0.2) is 12.7 Å². The number of aryl methyl sites for hydroxylation is 1. The zero-order valence-electron chi connectivity index (χ0n) is 12.9. The van der Waals surface area contributed by atoms with E-state index < -0.39 is 5.60 Å². The van der Waals surface area contributed by atoms with E-state index in [1.807, 2.05) is 26.0 Å². The van der Waals surface area contributed by atoms with Gasteiger partial charge in [-0.2, -0.15) is 0 Å². The van der Waals surface area contributed by atoms with Crippen molar-refractivity contribution in [2.45, 2.75) is 33.3 Å². The Labute approximate surface area is 123 Å². The Kier molecular flexibility index (Phi) is 2.87. The van der Waals surface area contributed by atoms with E-state index in [4.69, 9.17) is 13.9 Å². The van der Waals surface area contributed by atoms with Gasteiger partial charge in [0.25, 0.3) is 0 Å². The van der Waals surface area contributed by atoms with Crippen molar-refractivity contribution in [1.29, 1.82) is 0 Å². The molecule has 0 saturated heterocycles. The molecule has 0 radical (unpaired) electrons. The minimum absolute atomic E-state index is 0.0633. The van der Waals surface area contributed by atoms with Crippen LogP contribution in [0.3, 0.4) is 0 Å². The molecule has 0 aliphatic carbocycles. The average Bonchev–Trinajstić information content (AvgIpc) is 2.41. The summed E-state index contributed by atoms with van der Waals surface area (Å²) in [5.74, 6) is 1.78. The highest BCUT2D eigenvalue weighted by Crippen LogP contribution is 2.41. The summed E-state index contributed by atoms with van der Waals surface area (Å²) in [4.78, 5) is 12.5. The Morgan fingerprint density at radius 3 is 2.62 bits per heavy atom. The second kappa shape index (κ2) is 4.38. The molecule has 0 bridgehead atoms. The smallest absolute Gasteiger partial charge is 0.199 e. The molecule has 21 heavy (non-hydrogen) atoms. The summed E-state index contributed by atoms with van der Waals surface area (Å²) < 4.78 is 17.2.